The highest BCUT2D eigenvalue weighted by atomic mass is 35.5. The van der Waals surface area contributed by atoms with Crippen molar-refractivity contribution < 1.29 is 21.6 Å². The van der Waals surface area contributed by atoms with Crippen molar-refractivity contribution in [2.24, 2.45) is 0 Å². The number of carbonyl (C=O) groups is 1. The summed E-state index contributed by atoms with van der Waals surface area (Å²) < 4.78 is 43.5. The van der Waals surface area contributed by atoms with Crippen LogP contribution >= 0.6 is 11.6 Å². The highest BCUT2D eigenvalue weighted by Crippen LogP contribution is 2.13. The maximum atomic E-state index is 11.4. The van der Waals surface area contributed by atoms with Crippen molar-refractivity contribution in [2.45, 2.75) is 4.90 Å². The molecule has 1 aromatic rings. The summed E-state index contributed by atoms with van der Waals surface area (Å²) in [6, 6.07) is 4.79. The second-order valence-corrected chi connectivity index (χ2v) is 5.90. The summed E-state index contributed by atoms with van der Waals surface area (Å²) in [7, 11) is -6.90. The molecule has 0 aliphatic heterocycles. The first-order valence-electron chi connectivity index (χ1n) is 3.81. The quantitative estimate of drug-likeness (QED) is 0.594. The van der Waals surface area contributed by atoms with Crippen molar-refractivity contribution in [3.05, 3.63) is 29.8 Å². The van der Waals surface area contributed by atoms with Gasteiger partial charge in [-0.15, -0.1) is 0 Å². The van der Waals surface area contributed by atoms with Gasteiger partial charge in [0.2, 0.25) is 20.1 Å². The summed E-state index contributed by atoms with van der Waals surface area (Å²) in [5.41, 5.74) is -0.0205. The number of sulfone groups is 1. The number of carbonyl (C=O) groups excluding carboxylic acids is 1. The van der Waals surface area contributed by atoms with Crippen LogP contribution in [-0.2, 0) is 20.1 Å². The summed E-state index contributed by atoms with van der Waals surface area (Å²) in [5, 5.41) is -0.819. The van der Waals surface area contributed by atoms with Gasteiger partial charge in [-0.25, -0.2) is 8.42 Å². The van der Waals surface area contributed by atoms with E-state index >= 15 is 0 Å². The lowest BCUT2D eigenvalue weighted by Crippen LogP contribution is -2.03. The molecular formula is C8H5ClO5S2. The van der Waals surface area contributed by atoms with Gasteiger partial charge >= 0.3 is 0 Å². The fraction of sp³-hybridized carbons (Fsp3) is 0. The molecule has 1 rings (SSSR count). The molecule has 0 aliphatic carbocycles. The van der Waals surface area contributed by atoms with Crippen LogP contribution in [0.4, 0.5) is 0 Å². The van der Waals surface area contributed by atoms with Crippen molar-refractivity contribution in [3.8, 4) is 0 Å². The predicted molar refractivity (Wildman–Crippen MR) is 58.8 cm³/mol. The number of halogens is 1. The van der Waals surface area contributed by atoms with Crippen LogP contribution in [0, 0.1) is 0 Å². The van der Waals surface area contributed by atoms with Crippen LogP contribution < -0.4 is 0 Å². The van der Waals surface area contributed by atoms with Crippen molar-refractivity contribution >= 4 is 41.7 Å². The number of benzene rings is 1. The average Bonchev–Trinajstić information content (AvgIpc) is 2.16. The fourth-order valence-electron chi connectivity index (χ4n) is 0.954. The first kappa shape index (κ1) is 12.9. The zero-order valence-corrected chi connectivity index (χ0v) is 10.0. The van der Waals surface area contributed by atoms with Crippen LogP contribution in [0.2, 0.25) is 0 Å². The maximum Gasteiger partial charge on any atom is 0.252 e. The van der Waals surface area contributed by atoms with Crippen molar-refractivity contribution in [1.29, 1.82) is 0 Å². The number of rotatable bonds is 3. The Morgan fingerprint density at radius 3 is 2.44 bits per heavy atom. The Hall–Kier alpha value is -1.18. The molecule has 0 bridgehead atoms. The monoisotopic (exact) mass is 280 g/mol. The van der Waals surface area contributed by atoms with Gasteiger partial charge in [-0.05, 0) is 23.7 Å². The van der Waals surface area contributed by atoms with Crippen molar-refractivity contribution in [3.63, 3.8) is 0 Å². The molecule has 86 valence electrons. The van der Waals surface area contributed by atoms with Crippen molar-refractivity contribution in [1.82, 2.24) is 0 Å². The van der Waals surface area contributed by atoms with E-state index in [4.69, 9.17) is 11.6 Å². The largest absolute Gasteiger partial charge is 0.276 e. The number of hydrogen-bond donors (Lipinski definition) is 0. The van der Waals surface area contributed by atoms with Crippen LogP contribution in [0.15, 0.2) is 29.2 Å². The van der Waals surface area contributed by atoms with Gasteiger partial charge in [-0.1, -0.05) is 12.1 Å². The lowest BCUT2D eigenvalue weighted by atomic mass is 10.2. The smallest absolute Gasteiger partial charge is 0.252 e. The molecule has 0 saturated heterocycles. The lowest BCUT2D eigenvalue weighted by Gasteiger charge is -1.98. The van der Waals surface area contributed by atoms with E-state index in [0.29, 0.717) is 0 Å². The Labute approximate surface area is 98.1 Å². The summed E-state index contributed by atoms with van der Waals surface area (Å²) in [4.78, 5) is 10.5. The summed E-state index contributed by atoms with van der Waals surface area (Å²) in [6.07, 6.45) is 0. The zero-order chi connectivity index (χ0) is 12.3. The SMILES string of the molecule is O=C(Cl)c1cccc(S(=O)(=O)C=S(=O)=O)c1. The summed E-state index contributed by atoms with van der Waals surface area (Å²) >= 11 is 5.17. The minimum atomic E-state index is -4.06. The topological polar surface area (TPSA) is 85.3 Å². The molecule has 8 heteroatoms. The van der Waals surface area contributed by atoms with E-state index in [0.717, 1.165) is 6.07 Å². The third-order valence-corrected chi connectivity index (χ3v) is 4.37. The summed E-state index contributed by atoms with van der Waals surface area (Å²) in [5.74, 6) is 0. The van der Waals surface area contributed by atoms with Crippen LogP contribution in [0.5, 0.6) is 0 Å². The summed E-state index contributed by atoms with van der Waals surface area (Å²) in [6.45, 7) is 0. The van der Waals surface area contributed by atoms with Gasteiger partial charge in [0, 0.05) is 5.56 Å². The zero-order valence-electron chi connectivity index (χ0n) is 7.62. The van der Waals surface area contributed by atoms with Gasteiger partial charge in [0.1, 0.15) is 0 Å². The van der Waals surface area contributed by atoms with E-state index in [1.165, 1.54) is 18.2 Å². The molecule has 0 heterocycles. The van der Waals surface area contributed by atoms with E-state index in [-0.39, 0.29) is 15.2 Å². The molecule has 0 amide bonds. The standard InChI is InChI=1S/C8H5ClO5S2/c9-8(10)6-2-1-3-7(4-6)16(13,14)5-15(11)12/h1-5H. The molecule has 0 spiro atoms. The Kier molecular flexibility index (Phi) is 3.84. The molecule has 1 aromatic carbocycles. The molecule has 0 unspecified atom stereocenters. The molecule has 0 saturated carbocycles. The fourth-order valence-corrected chi connectivity index (χ4v) is 2.90. The molecule has 16 heavy (non-hydrogen) atoms. The van der Waals surface area contributed by atoms with Gasteiger partial charge in [-0.2, -0.15) is 8.42 Å². The number of hydrogen-bond acceptors (Lipinski definition) is 5. The minimum Gasteiger partial charge on any atom is -0.276 e. The molecule has 0 N–H and O–H groups in total. The third kappa shape index (κ3) is 3.16. The highest BCUT2D eigenvalue weighted by molar-refractivity contribution is 8.13. The molecule has 0 aromatic heterocycles. The Morgan fingerprint density at radius 1 is 1.31 bits per heavy atom. The lowest BCUT2D eigenvalue weighted by molar-refractivity contribution is 0.108. The minimum absolute atomic E-state index is 0.0205. The van der Waals surface area contributed by atoms with Gasteiger partial charge in [0.05, 0.1) is 4.90 Å². The van der Waals surface area contributed by atoms with Crippen molar-refractivity contribution in [2.75, 3.05) is 0 Å². The van der Waals surface area contributed by atoms with Gasteiger partial charge in [-0.3, -0.25) is 4.79 Å². The average molecular weight is 281 g/mol. The first-order valence-corrected chi connectivity index (χ1v) is 6.87. The van der Waals surface area contributed by atoms with Crippen LogP contribution in [0.25, 0.3) is 0 Å². The second kappa shape index (κ2) is 4.77. The van der Waals surface area contributed by atoms with Crippen LogP contribution in [0.3, 0.4) is 0 Å². The van der Waals surface area contributed by atoms with Crippen LogP contribution in [0.1, 0.15) is 10.4 Å². The first-order chi connectivity index (χ1) is 7.33. The Balaban J connectivity index is 3.41. The third-order valence-electron chi connectivity index (χ3n) is 1.59. The van der Waals surface area contributed by atoms with E-state index in [9.17, 15) is 21.6 Å². The van der Waals surface area contributed by atoms with Gasteiger partial charge < -0.3 is 0 Å². The van der Waals surface area contributed by atoms with Crippen LogP contribution in [-0.4, -0.2) is 26.8 Å². The molecule has 0 atom stereocenters. The molecular weight excluding hydrogens is 276 g/mol. The molecule has 0 fully saturated rings. The van der Waals surface area contributed by atoms with E-state index in [2.05, 4.69) is 0 Å². The molecule has 0 aliphatic rings. The van der Waals surface area contributed by atoms with Gasteiger partial charge in [0.25, 0.3) is 5.24 Å². The van der Waals surface area contributed by atoms with E-state index in [1.54, 1.807) is 0 Å². The van der Waals surface area contributed by atoms with E-state index in [1.807, 2.05) is 0 Å². The molecule has 0 radical (unpaired) electrons. The Morgan fingerprint density at radius 2 is 1.94 bits per heavy atom. The van der Waals surface area contributed by atoms with E-state index < -0.39 is 25.4 Å². The second-order valence-electron chi connectivity index (χ2n) is 2.70. The van der Waals surface area contributed by atoms with Gasteiger partial charge in [0.15, 0.2) is 4.70 Å². The molecule has 5 nitrogen and oxygen atoms in total. The Bertz CT molecular complexity index is 649. The normalized spacial score (nSPS) is 10.8. The predicted octanol–water partition coefficient (Wildman–Crippen LogP) is 0.478. The highest BCUT2D eigenvalue weighted by Gasteiger charge is 2.13. The maximum absolute atomic E-state index is 11.4.